The molecule has 3 nitrogen and oxygen atoms in total. The summed E-state index contributed by atoms with van der Waals surface area (Å²) >= 11 is 0. The lowest BCUT2D eigenvalue weighted by Crippen LogP contribution is -2.32. The first-order chi connectivity index (χ1) is 7.76. The Bertz CT molecular complexity index is 163. The fourth-order valence-electron chi connectivity index (χ4n) is 1.60. The molecule has 0 aliphatic carbocycles. The molecule has 0 N–H and O–H groups in total. The van der Waals surface area contributed by atoms with Gasteiger partial charge in [-0.2, -0.15) is 0 Å². The van der Waals surface area contributed by atoms with Crippen molar-refractivity contribution in [1.82, 2.24) is 4.90 Å². The van der Waals surface area contributed by atoms with Crippen LogP contribution in [0, 0.1) is 0 Å². The van der Waals surface area contributed by atoms with E-state index in [1.807, 2.05) is 4.90 Å². The topological polar surface area (TPSA) is 40.2 Å². The monoisotopic (exact) mass is 228 g/mol. The molecule has 0 aliphatic heterocycles. The largest absolute Gasteiger partial charge is 0.343 e. The van der Waals surface area contributed by atoms with Gasteiger partial charge in [0.15, 0.2) is 0 Å². The molecular weight excluding hydrogens is 202 g/mol. The molecule has 0 rings (SSSR count). The minimum absolute atomic E-state index is 0.0583. The number of carbonyl (C=O) groups excluding carboxylic acids is 1. The van der Waals surface area contributed by atoms with E-state index in [0.29, 0.717) is 12.8 Å². The molecule has 0 spiro atoms. The second kappa shape index (κ2) is 10.9. The summed E-state index contributed by atoms with van der Waals surface area (Å²) in [5.74, 6) is 0.232. The first kappa shape index (κ1) is 15.4. The van der Waals surface area contributed by atoms with Gasteiger partial charge in [-0.3, -0.25) is 4.79 Å². The number of nitrogens with zero attached hydrogens (tertiary/aromatic N) is 1. The van der Waals surface area contributed by atoms with Crippen molar-refractivity contribution in [3.8, 4) is 0 Å². The highest BCUT2D eigenvalue weighted by Crippen LogP contribution is 2.05. The van der Waals surface area contributed by atoms with Crippen LogP contribution in [0.1, 0.15) is 58.8 Å². The van der Waals surface area contributed by atoms with Crippen LogP contribution in [0.2, 0.25) is 0 Å². The van der Waals surface area contributed by atoms with Gasteiger partial charge >= 0.3 is 0 Å². The van der Waals surface area contributed by atoms with Crippen molar-refractivity contribution in [3.05, 3.63) is 0 Å². The molecule has 0 unspecified atom stereocenters. The van der Waals surface area contributed by atoms with E-state index in [-0.39, 0.29) is 12.5 Å². The molecule has 0 saturated carbocycles. The van der Waals surface area contributed by atoms with Gasteiger partial charge in [0.1, 0.15) is 0 Å². The normalized spacial score (nSPS) is 10.4. The van der Waals surface area contributed by atoms with Crippen molar-refractivity contribution in [2.75, 3.05) is 19.7 Å². The van der Waals surface area contributed by atoms with Crippen molar-refractivity contribution >= 4 is 5.91 Å². The zero-order valence-corrected chi connectivity index (χ0v) is 10.8. The molecule has 0 aliphatic rings. The Morgan fingerprint density at radius 2 is 1.50 bits per heavy atom. The lowest BCUT2D eigenvalue weighted by atomic mass is 10.2. The number of carbonyl (C=O) groups is 1. The Morgan fingerprint density at radius 1 is 0.938 bits per heavy atom. The number of rotatable bonds is 10. The maximum Gasteiger partial charge on any atom is 0.222 e. The molecule has 0 aromatic carbocycles. The molecule has 0 aromatic rings. The number of hydrogen-bond donors (Lipinski definition) is 0. The summed E-state index contributed by atoms with van der Waals surface area (Å²) in [6, 6.07) is 0. The summed E-state index contributed by atoms with van der Waals surface area (Å²) in [7, 11) is 0. The third-order valence-corrected chi connectivity index (χ3v) is 2.70. The van der Waals surface area contributed by atoms with E-state index in [4.69, 9.17) is 0 Å². The zero-order valence-electron chi connectivity index (χ0n) is 10.8. The first-order valence-corrected chi connectivity index (χ1v) is 6.62. The lowest BCUT2D eigenvalue weighted by molar-refractivity contribution is -0.131. The Kier molecular flexibility index (Phi) is 10.5. The SMILES string of the molecule is CCCCN(CCCC)C(=O)CCCC[O]. The zero-order chi connectivity index (χ0) is 12.2. The highest BCUT2D eigenvalue weighted by atomic mass is 16.3. The minimum Gasteiger partial charge on any atom is -0.343 e. The van der Waals surface area contributed by atoms with Crippen LogP contribution in [0.25, 0.3) is 0 Å². The van der Waals surface area contributed by atoms with Crippen LogP contribution in [-0.2, 0) is 9.90 Å². The summed E-state index contributed by atoms with van der Waals surface area (Å²) in [6.07, 6.45) is 6.33. The van der Waals surface area contributed by atoms with E-state index < -0.39 is 0 Å². The molecule has 0 atom stereocenters. The summed E-state index contributed by atoms with van der Waals surface area (Å²) < 4.78 is 0. The van der Waals surface area contributed by atoms with Crippen LogP contribution in [-0.4, -0.2) is 30.5 Å². The minimum atomic E-state index is -0.0583. The molecule has 1 radical (unpaired) electrons. The van der Waals surface area contributed by atoms with Gasteiger partial charge in [0, 0.05) is 19.5 Å². The van der Waals surface area contributed by atoms with Gasteiger partial charge in [0.2, 0.25) is 5.91 Å². The van der Waals surface area contributed by atoms with Gasteiger partial charge in [-0.05, 0) is 25.7 Å². The second-order valence-electron chi connectivity index (χ2n) is 4.25. The standard InChI is InChI=1S/C13H26NO2/c1-3-5-10-14(11-6-4-2)13(16)9-7-8-12-15/h3-12H2,1-2H3. The number of amides is 1. The van der Waals surface area contributed by atoms with E-state index in [9.17, 15) is 9.90 Å². The van der Waals surface area contributed by atoms with Crippen molar-refractivity contribution in [1.29, 1.82) is 0 Å². The average Bonchev–Trinajstić information content (AvgIpc) is 2.29. The van der Waals surface area contributed by atoms with E-state index in [2.05, 4.69) is 13.8 Å². The Labute approximate surface area is 99.8 Å². The molecule has 0 fully saturated rings. The fourth-order valence-corrected chi connectivity index (χ4v) is 1.60. The predicted molar refractivity (Wildman–Crippen MR) is 65.8 cm³/mol. The van der Waals surface area contributed by atoms with E-state index in [1.54, 1.807) is 0 Å². The smallest absolute Gasteiger partial charge is 0.222 e. The third-order valence-electron chi connectivity index (χ3n) is 2.70. The van der Waals surface area contributed by atoms with Gasteiger partial charge in [-0.15, -0.1) is 0 Å². The maximum atomic E-state index is 11.9. The summed E-state index contributed by atoms with van der Waals surface area (Å²) in [6.45, 7) is 5.98. The van der Waals surface area contributed by atoms with Crippen molar-refractivity contribution in [3.63, 3.8) is 0 Å². The van der Waals surface area contributed by atoms with Crippen molar-refractivity contribution < 1.29 is 9.90 Å². The second-order valence-corrected chi connectivity index (χ2v) is 4.25. The summed E-state index contributed by atoms with van der Waals surface area (Å²) in [5.41, 5.74) is 0. The number of unbranched alkanes of at least 4 members (excludes halogenated alkanes) is 3. The molecule has 3 heteroatoms. The fraction of sp³-hybridized carbons (Fsp3) is 0.923. The first-order valence-electron chi connectivity index (χ1n) is 6.62. The Hall–Kier alpha value is -0.570. The molecule has 0 heterocycles. The van der Waals surface area contributed by atoms with Crippen LogP contribution < -0.4 is 0 Å². The quantitative estimate of drug-likeness (QED) is 0.530. The van der Waals surface area contributed by atoms with Gasteiger partial charge in [0.05, 0.1) is 6.61 Å². The van der Waals surface area contributed by atoms with Gasteiger partial charge in [-0.1, -0.05) is 26.7 Å². The van der Waals surface area contributed by atoms with Gasteiger partial charge in [0.25, 0.3) is 0 Å². The molecule has 1 amide bonds. The van der Waals surface area contributed by atoms with Crippen LogP contribution in [0.3, 0.4) is 0 Å². The molecular formula is C13H26NO2. The van der Waals surface area contributed by atoms with Crippen LogP contribution in [0.15, 0.2) is 0 Å². The predicted octanol–water partition coefficient (Wildman–Crippen LogP) is 3.02. The molecule has 0 aromatic heterocycles. The summed E-state index contributed by atoms with van der Waals surface area (Å²) in [4.78, 5) is 13.8. The highest BCUT2D eigenvalue weighted by Gasteiger charge is 2.11. The van der Waals surface area contributed by atoms with Crippen LogP contribution in [0.5, 0.6) is 0 Å². The highest BCUT2D eigenvalue weighted by molar-refractivity contribution is 5.76. The van der Waals surface area contributed by atoms with Crippen molar-refractivity contribution in [2.45, 2.75) is 58.8 Å². The lowest BCUT2D eigenvalue weighted by Gasteiger charge is -2.22. The molecule has 95 valence electrons. The van der Waals surface area contributed by atoms with Crippen LogP contribution in [0.4, 0.5) is 0 Å². The van der Waals surface area contributed by atoms with E-state index >= 15 is 0 Å². The Balaban J connectivity index is 3.88. The Morgan fingerprint density at radius 3 is 1.94 bits per heavy atom. The number of hydrogen-bond acceptors (Lipinski definition) is 1. The average molecular weight is 228 g/mol. The summed E-state index contributed by atoms with van der Waals surface area (Å²) in [5, 5.41) is 10.3. The molecule has 16 heavy (non-hydrogen) atoms. The third kappa shape index (κ3) is 7.69. The maximum absolute atomic E-state index is 11.9. The van der Waals surface area contributed by atoms with E-state index in [1.165, 1.54) is 0 Å². The van der Waals surface area contributed by atoms with Gasteiger partial charge in [-0.25, -0.2) is 5.11 Å². The molecule has 0 saturated heterocycles. The van der Waals surface area contributed by atoms with Crippen LogP contribution >= 0.6 is 0 Å². The van der Waals surface area contributed by atoms with E-state index in [0.717, 1.165) is 45.2 Å². The molecule has 0 bridgehead atoms. The van der Waals surface area contributed by atoms with Crippen molar-refractivity contribution in [2.24, 2.45) is 0 Å². The van der Waals surface area contributed by atoms with Gasteiger partial charge < -0.3 is 4.90 Å².